The highest BCUT2D eigenvalue weighted by molar-refractivity contribution is 7.91. The van der Waals surface area contributed by atoms with Crippen LogP contribution in [0.2, 0.25) is 0 Å². The van der Waals surface area contributed by atoms with Crippen molar-refractivity contribution in [3.63, 3.8) is 0 Å². The molecule has 1 aromatic carbocycles. The van der Waals surface area contributed by atoms with E-state index in [4.69, 9.17) is 14.2 Å². The Bertz CT molecular complexity index is 882. The molecule has 1 aromatic rings. The molecular weight excluding hydrogens is 434 g/mol. The van der Waals surface area contributed by atoms with Gasteiger partial charge in [0.25, 0.3) is 5.91 Å². The van der Waals surface area contributed by atoms with E-state index in [1.165, 1.54) is 0 Å². The maximum atomic E-state index is 12.8. The molecule has 2 rings (SSSR count). The standard InChI is InChI=1S/C23H35NO7S/c1-5-7-11-30-20-9-8-18(13-21(20)29-6-2)23(26)31-15-22(25)24(14-17(3)4)19-10-12-32(27,28)16-19/h8-9,13,17,19H,5-7,10-12,14-16H2,1-4H3. The number of hydrogen-bond acceptors (Lipinski definition) is 7. The van der Waals surface area contributed by atoms with E-state index in [0.29, 0.717) is 37.7 Å². The molecule has 1 amide bonds. The van der Waals surface area contributed by atoms with E-state index in [2.05, 4.69) is 6.92 Å². The van der Waals surface area contributed by atoms with Crippen LogP contribution in [0.3, 0.4) is 0 Å². The lowest BCUT2D eigenvalue weighted by Gasteiger charge is -2.29. The average molecular weight is 470 g/mol. The first-order valence-corrected chi connectivity index (χ1v) is 13.1. The number of unbranched alkanes of at least 4 members (excludes halogenated alkanes) is 1. The minimum atomic E-state index is -3.13. The second-order valence-electron chi connectivity index (χ2n) is 8.37. The lowest BCUT2D eigenvalue weighted by Crippen LogP contribution is -2.45. The Morgan fingerprint density at radius 1 is 1.16 bits per heavy atom. The fourth-order valence-corrected chi connectivity index (χ4v) is 5.24. The average Bonchev–Trinajstić information content (AvgIpc) is 3.10. The first-order valence-electron chi connectivity index (χ1n) is 11.2. The molecule has 1 heterocycles. The van der Waals surface area contributed by atoms with Gasteiger partial charge in [-0.3, -0.25) is 4.79 Å². The Morgan fingerprint density at radius 2 is 1.91 bits per heavy atom. The van der Waals surface area contributed by atoms with Crippen molar-refractivity contribution in [3.8, 4) is 11.5 Å². The number of carbonyl (C=O) groups excluding carboxylic acids is 2. The number of sulfone groups is 1. The molecule has 1 saturated heterocycles. The Labute approximate surface area is 191 Å². The van der Waals surface area contributed by atoms with Gasteiger partial charge in [-0.05, 0) is 43.9 Å². The van der Waals surface area contributed by atoms with Crippen LogP contribution in [-0.2, 0) is 19.4 Å². The number of esters is 1. The van der Waals surface area contributed by atoms with Gasteiger partial charge in [-0.25, -0.2) is 13.2 Å². The minimum Gasteiger partial charge on any atom is -0.490 e. The normalized spacial score (nSPS) is 17.2. The number of nitrogens with zero attached hydrogens (tertiary/aromatic N) is 1. The highest BCUT2D eigenvalue weighted by atomic mass is 32.2. The second-order valence-corrected chi connectivity index (χ2v) is 10.6. The molecule has 1 aliphatic rings. The minimum absolute atomic E-state index is 0.0450. The third-order valence-corrected chi connectivity index (χ3v) is 6.84. The monoisotopic (exact) mass is 469 g/mol. The zero-order valence-corrected chi connectivity index (χ0v) is 20.3. The Morgan fingerprint density at radius 3 is 2.50 bits per heavy atom. The van der Waals surface area contributed by atoms with Crippen molar-refractivity contribution in [3.05, 3.63) is 23.8 Å². The molecule has 0 radical (unpaired) electrons. The van der Waals surface area contributed by atoms with Crippen LogP contribution in [0.5, 0.6) is 11.5 Å². The molecule has 180 valence electrons. The summed E-state index contributed by atoms with van der Waals surface area (Å²) >= 11 is 0. The zero-order chi connectivity index (χ0) is 23.7. The van der Waals surface area contributed by atoms with E-state index in [9.17, 15) is 18.0 Å². The number of carbonyl (C=O) groups is 2. The lowest BCUT2D eigenvalue weighted by atomic mass is 10.1. The quantitative estimate of drug-likeness (QED) is 0.343. The molecule has 1 aliphatic heterocycles. The van der Waals surface area contributed by atoms with E-state index in [1.807, 2.05) is 20.8 Å². The summed E-state index contributed by atoms with van der Waals surface area (Å²) in [6.45, 7) is 8.75. The molecule has 0 bridgehead atoms. The van der Waals surface area contributed by atoms with Crippen LogP contribution < -0.4 is 9.47 Å². The maximum Gasteiger partial charge on any atom is 0.338 e. The molecule has 0 aromatic heterocycles. The fraction of sp³-hybridized carbons (Fsp3) is 0.652. The Hall–Kier alpha value is -2.29. The summed E-state index contributed by atoms with van der Waals surface area (Å²) in [5.41, 5.74) is 0.253. The third kappa shape index (κ3) is 7.69. The molecule has 1 fully saturated rings. The van der Waals surface area contributed by atoms with Gasteiger partial charge in [0.05, 0.1) is 30.3 Å². The van der Waals surface area contributed by atoms with Crippen LogP contribution in [0.4, 0.5) is 0 Å². The lowest BCUT2D eigenvalue weighted by molar-refractivity contribution is -0.137. The van der Waals surface area contributed by atoms with Gasteiger partial charge in [-0.15, -0.1) is 0 Å². The highest BCUT2D eigenvalue weighted by Gasteiger charge is 2.35. The van der Waals surface area contributed by atoms with Crippen LogP contribution in [0.25, 0.3) is 0 Å². The Balaban J connectivity index is 2.04. The third-order valence-electron chi connectivity index (χ3n) is 5.09. The van der Waals surface area contributed by atoms with E-state index in [-0.39, 0.29) is 29.0 Å². The smallest absolute Gasteiger partial charge is 0.338 e. The molecule has 1 unspecified atom stereocenters. The van der Waals surface area contributed by atoms with Crippen LogP contribution in [-0.4, -0.2) is 69.1 Å². The predicted octanol–water partition coefficient (Wildman–Crippen LogP) is 3.09. The van der Waals surface area contributed by atoms with Crippen molar-refractivity contribution in [1.29, 1.82) is 0 Å². The van der Waals surface area contributed by atoms with Crippen molar-refractivity contribution in [1.82, 2.24) is 4.90 Å². The van der Waals surface area contributed by atoms with Crippen LogP contribution in [0, 0.1) is 5.92 Å². The molecule has 0 spiro atoms. The molecule has 9 heteroatoms. The number of amides is 1. The van der Waals surface area contributed by atoms with Crippen LogP contribution in [0.15, 0.2) is 18.2 Å². The summed E-state index contributed by atoms with van der Waals surface area (Å²) in [5, 5.41) is 0. The van der Waals surface area contributed by atoms with Crippen molar-refractivity contribution < 1.29 is 32.2 Å². The van der Waals surface area contributed by atoms with Crippen molar-refractivity contribution in [2.45, 2.75) is 53.0 Å². The van der Waals surface area contributed by atoms with Gasteiger partial charge in [0, 0.05) is 12.6 Å². The van der Waals surface area contributed by atoms with E-state index in [1.54, 1.807) is 23.1 Å². The van der Waals surface area contributed by atoms with Gasteiger partial charge < -0.3 is 19.1 Å². The van der Waals surface area contributed by atoms with Crippen molar-refractivity contribution in [2.24, 2.45) is 5.92 Å². The van der Waals surface area contributed by atoms with Gasteiger partial charge in [0.1, 0.15) is 0 Å². The number of hydrogen-bond donors (Lipinski definition) is 0. The molecule has 0 aliphatic carbocycles. The summed E-state index contributed by atoms with van der Waals surface area (Å²) < 4.78 is 40.3. The fourth-order valence-electron chi connectivity index (χ4n) is 3.51. The van der Waals surface area contributed by atoms with Gasteiger partial charge in [0.15, 0.2) is 27.9 Å². The molecule has 0 saturated carbocycles. The van der Waals surface area contributed by atoms with Crippen LogP contribution >= 0.6 is 0 Å². The summed E-state index contributed by atoms with van der Waals surface area (Å²) in [7, 11) is -3.13. The molecule has 0 N–H and O–H groups in total. The van der Waals surface area contributed by atoms with Gasteiger partial charge in [-0.2, -0.15) is 0 Å². The highest BCUT2D eigenvalue weighted by Crippen LogP contribution is 2.29. The van der Waals surface area contributed by atoms with E-state index < -0.39 is 28.3 Å². The Kier molecular flexibility index (Phi) is 9.81. The second kappa shape index (κ2) is 12.1. The van der Waals surface area contributed by atoms with Gasteiger partial charge in [-0.1, -0.05) is 27.2 Å². The first-order chi connectivity index (χ1) is 15.2. The zero-order valence-electron chi connectivity index (χ0n) is 19.5. The molecule has 1 atom stereocenters. The summed E-state index contributed by atoms with van der Waals surface area (Å²) in [4.78, 5) is 26.9. The van der Waals surface area contributed by atoms with Gasteiger partial charge >= 0.3 is 5.97 Å². The summed E-state index contributed by atoms with van der Waals surface area (Å²) in [6, 6.07) is 4.41. The van der Waals surface area contributed by atoms with Crippen LogP contribution in [0.1, 0.15) is 57.3 Å². The topological polar surface area (TPSA) is 99.2 Å². The number of benzene rings is 1. The number of ether oxygens (including phenoxy) is 3. The maximum absolute atomic E-state index is 12.8. The molecule has 8 nitrogen and oxygen atoms in total. The largest absolute Gasteiger partial charge is 0.490 e. The number of rotatable bonds is 12. The summed E-state index contributed by atoms with van der Waals surface area (Å²) in [5.74, 6) is 0.150. The van der Waals surface area contributed by atoms with Gasteiger partial charge in [0.2, 0.25) is 0 Å². The van der Waals surface area contributed by atoms with Crippen molar-refractivity contribution >= 4 is 21.7 Å². The van der Waals surface area contributed by atoms with Crippen molar-refractivity contribution in [2.75, 3.05) is 37.9 Å². The SMILES string of the molecule is CCCCOc1ccc(C(=O)OCC(=O)N(CC(C)C)C2CCS(=O)(=O)C2)cc1OCC. The predicted molar refractivity (Wildman–Crippen MR) is 122 cm³/mol. The van der Waals surface area contributed by atoms with E-state index in [0.717, 1.165) is 12.8 Å². The molecule has 32 heavy (non-hydrogen) atoms. The summed E-state index contributed by atoms with van der Waals surface area (Å²) in [6.07, 6.45) is 2.32. The molecular formula is C23H35NO7S. The van der Waals surface area contributed by atoms with E-state index >= 15 is 0 Å². The first kappa shape index (κ1) is 26.0.